The monoisotopic (exact) mass is 216 g/mol. The van der Waals surface area contributed by atoms with Gasteiger partial charge in [-0.1, -0.05) is 0 Å². The lowest BCUT2D eigenvalue weighted by Gasteiger charge is -2.36. The maximum atomic E-state index is 11.5. The summed E-state index contributed by atoms with van der Waals surface area (Å²) in [7, 11) is 1.28. The number of nitrogens with one attached hydrogen (secondary N) is 1. The van der Waals surface area contributed by atoms with Crippen LogP contribution in [0.2, 0.25) is 0 Å². The number of carboxylic acid groups (broad SMARTS) is 1. The largest absolute Gasteiger partial charge is 0.479 e. The van der Waals surface area contributed by atoms with Gasteiger partial charge in [0.25, 0.3) is 0 Å². The first kappa shape index (κ1) is 11.9. The van der Waals surface area contributed by atoms with E-state index in [0.717, 1.165) is 6.42 Å². The van der Waals surface area contributed by atoms with E-state index in [4.69, 9.17) is 10.8 Å². The van der Waals surface area contributed by atoms with Crippen molar-refractivity contribution in [2.45, 2.75) is 30.9 Å². The van der Waals surface area contributed by atoms with Gasteiger partial charge in [0.15, 0.2) is 6.10 Å². The number of rotatable bonds is 5. The van der Waals surface area contributed by atoms with Gasteiger partial charge in [-0.3, -0.25) is 4.79 Å². The topological polar surface area (TPSA) is 102 Å². The number of aliphatic carboxylic acids is 1. The zero-order valence-corrected chi connectivity index (χ0v) is 8.66. The number of carboxylic acids is 1. The summed E-state index contributed by atoms with van der Waals surface area (Å²) in [5, 5.41) is 11.1. The van der Waals surface area contributed by atoms with Crippen LogP contribution in [0.3, 0.4) is 0 Å². The minimum atomic E-state index is -1.10. The highest BCUT2D eigenvalue weighted by Crippen LogP contribution is 2.28. The predicted octanol–water partition coefficient (Wildman–Crippen LogP) is -0.916. The van der Waals surface area contributed by atoms with Gasteiger partial charge in [0.2, 0.25) is 5.91 Å². The summed E-state index contributed by atoms with van der Waals surface area (Å²) in [5.41, 5.74) is 4.95. The molecule has 15 heavy (non-hydrogen) atoms. The van der Waals surface area contributed by atoms with Gasteiger partial charge in [-0.2, -0.15) is 0 Å². The van der Waals surface area contributed by atoms with Crippen molar-refractivity contribution in [3.8, 4) is 0 Å². The molecule has 1 aliphatic carbocycles. The van der Waals surface area contributed by atoms with E-state index in [-0.39, 0.29) is 12.5 Å². The lowest BCUT2D eigenvalue weighted by molar-refractivity contribution is -0.148. The molecule has 0 spiro atoms. The summed E-state index contributed by atoms with van der Waals surface area (Å²) in [6.45, 7) is -0.0520. The number of amides is 1. The summed E-state index contributed by atoms with van der Waals surface area (Å²) in [4.78, 5) is 22.1. The molecule has 0 saturated heterocycles. The normalized spacial score (nSPS) is 20.1. The van der Waals surface area contributed by atoms with Crippen LogP contribution in [-0.4, -0.2) is 42.3 Å². The Morgan fingerprint density at radius 1 is 1.60 bits per heavy atom. The molecule has 4 N–H and O–H groups in total. The standard InChI is InChI=1S/C9H16N2O4/c1-15-6(7(12)13)5-11-8(14)9(10)3-2-4-9/h6H,2-5,10H2,1H3,(H,11,14)(H,12,13). The SMILES string of the molecule is COC(CNC(=O)C1(N)CCC1)C(=O)O. The number of carbonyl (C=O) groups is 2. The van der Waals surface area contributed by atoms with E-state index in [1.807, 2.05) is 0 Å². The number of carbonyl (C=O) groups excluding carboxylic acids is 1. The highest BCUT2D eigenvalue weighted by molar-refractivity contribution is 5.87. The maximum absolute atomic E-state index is 11.5. The maximum Gasteiger partial charge on any atom is 0.334 e. The van der Waals surface area contributed by atoms with Gasteiger partial charge in [-0.05, 0) is 19.3 Å². The van der Waals surface area contributed by atoms with Gasteiger partial charge in [0, 0.05) is 7.11 Å². The van der Waals surface area contributed by atoms with Crippen molar-refractivity contribution in [3.63, 3.8) is 0 Å². The van der Waals surface area contributed by atoms with Crippen molar-refractivity contribution in [1.29, 1.82) is 0 Å². The molecule has 0 heterocycles. The zero-order chi connectivity index (χ0) is 11.5. The van der Waals surface area contributed by atoms with Crippen molar-refractivity contribution < 1.29 is 19.4 Å². The third kappa shape index (κ3) is 2.66. The van der Waals surface area contributed by atoms with Gasteiger partial charge in [-0.25, -0.2) is 4.79 Å². The van der Waals surface area contributed by atoms with Gasteiger partial charge in [0.1, 0.15) is 0 Å². The van der Waals surface area contributed by atoms with E-state index >= 15 is 0 Å². The van der Waals surface area contributed by atoms with Crippen LogP contribution in [0, 0.1) is 0 Å². The average Bonchev–Trinajstić information content (AvgIpc) is 2.14. The lowest BCUT2D eigenvalue weighted by atomic mass is 9.77. The molecule has 1 rings (SSSR count). The number of nitrogens with two attached hydrogens (primary N) is 1. The first-order chi connectivity index (χ1) is 6.99. The van der Waals surface area contributed by atoms with Gasteiger partial charge >= 0.3 is 5.97 Å². The molecule has 0 aromatic carbocycles. The van der Waals surface area contributed by atoms with Crippen molar-refractivity contribution in [3.05, 3.63) is 0 Å². The van der Waals surface area contributed by atoms with Crippen LogP contribution in [0.4, 0.5) is 0 Å². The smallest absolute Gasteiger partial charge is 0.334 e. The molecule has 0 aromatic heterocycles. The summed E-state index contributed by atoms with van der Waals surface area (Å²) < 4.78 is 4.67. The molecule has 0 aromatic rings. The number of hydrogen-bond acceptors (Lipinski definition) is 4. The molecule has 86 valence electrons. The Morgan fingerprint density at radius 3 is 2.53 bits per heavy atom. The van der Waals surface area contributed by atoms with Crippen molar-refractivity contribution in [1.82, 2.24) is 5.32 Å². The van der Waals surface area contributed by atoms with Gasteiger partial charge < -0.3 is 20.9 Å². The Bertz CT molecular complexity index is 263. The molecule has 1 atom stereocenters. The molecular weight excluding hydrogens is 200 g/mol. The molecule has 1 fully saturated rings. The molecule has 1 saturated carbocycles. The van der Waals surface area contributed by atoms with Crippen molar-refractivity contribution in [2.24, 2.45) is 5.73 Å². The highest BCUT2D eigenvalue weighted by Gasteiger charge is 2.40. The quantitative estimate of drug-likeness (QED) is 0.552. The Kier molecular flexibility index (Phi) is 3.65. The second kappa shape index (κ2) is 4.59. The van der Waals surface area contributed by atoms with E-state index in [1.165, 1.54) is 7.11 Å². The Hall–Kier alpha value is -1.14. The molecule has 1 aliphatic rings. The van der Waals surface area contributed by atoms with Crippen LogP contribution >= 0.6 is 0 Å². The van der Waals surface area contributed by atoms with Crippen LogP contribution in [-0.2, 0) is 14.3 Å². The molecule has 0 aliphatic heterocycles. The summed E-state index contributed by atoms with van der Waals surface area (Å²) >= 11 is 0. The van der Waals surface area contributed by atoms with E-state index < -0.39 is 17.6 Å². The molecule has 0 bridgehead atoms. The van der Waals surface area contributed by atoms with Gasteiger partial charge in [-0.15, -0.1) is 0 Å². The second-order valence-corrected chi connectivity index (χ2v) is 3.78. The van der Waals surface area contributed by atoms with E-state index in [1.54, 1.807) is 0 Å². The van der Waals surface area contributed by atoms with Crippen molar-refractivity contribution >= 4 is 11.9 Å². The fraction of sp³-hybridized carbons (Fsp3) is 0.778. The molecule has 0 radical (unpaired) electrons. The van der Waals surface area contributed by atoms with E-state index in [9.17, 15) is 9.59 Å². The molecule has 6 heteroatoms. The van der Waals surface area contributed by atoms with Crippen LogP contribution in [0.5, 0.6) is 0 Å². The summed E-state index contributed by atoms with van der Waals surface area (Å²) in [5.74, 6) is -1.39. The molecule has 1 amide bonds. The fourth-order valence-electron chi connectivity index (χ4n) is 1.42. The van der Waals surface area contributed by atoms with Crippen LogP contribution in [0.25, 0.3) is 0 Å². The lowest BCUT2D eigenvalue weighted by Crippen LogP contribution is -2.59. The summed E-state index contributed by atoms with van der Waals surface area (Å²) in [6.07, 6.45) is 1.24. The Morgan fingerprint density at radius 2 is 2.20 bits per heavy atom. The van der Waals surface area contributed by atoms with Crippen LogP contribution in [0.15, 0.2) is 0 Å². The predicted molar refractivity (Wildman–Crippen MR) is 52.2 cm³/mol. The first-order valence-corrected chi connectivity index (χ1v) is 4.82. The van der Waals surface area contributed by atoms with E-state index in [2.05, 4.69) is 10.1 Å². The number of methoxy groups -OCH3 is 1. The molecular formula is C9H16N2O4. The fourth-order valence-corrected chi connectivity index (χ4v) is 1.42. The molecule has 1 unspecified atom stereocenters. The minimum Gasteiger partial charge on any atom is -0.479 e. The first-order valence-electron chi connectivity index (χ1n) is 4.82. The Balaban J connectivity index is 2.36. The number of ether oxygens (including phenoxy) is 1. The van der Waals surface area contributed by atoms with Crippen molar-refractivity contribution in [2.75, 3.05) is 13.7 Å². The zero-order valence-electron chi connectivity index (χ0n) is 8.66. The Labute approximate surface area is 87.8 Å². The third-order valence-corrected chi connectivity index (χ3v) is 2.71. The molecule has 6 nitrogen and oxygen atoms in total. The second-order valence-electron chi connectivity index (χ2n) is 3.78. The summed E-state index contributed by atoms with van der Waals surface area (Å²) in [6, 6.07) is 0. The van der Waals surface area contributed by atoms with Crippen LogP contribution in [0.1, 0.15) is 19.3 Å². The third-order valence-electron chi connectivity index (χ3n) is 2.71. The van der Waals surface area contributed by atoms with Gasteiger partial charge in [0.05, 0.1) is 12.1 Å². The van der Waals surface area contributed by atoms with E-state index in [0.29, 0.717) is 12.8 Å². The average molecular weight is 216 g/mol. The van der Waals surface area contributed by atoms with Crippen LogP contribution < -0.4 is 11.1 Å². The minimum absolute atomic E-state index is 0.0520. The highest BCUT2D eigenvalue weighted by atomic mass is 16.5. The number of hydrogen-bond donors (Lipinski definition) is 3.